The Bertz CT molecular complexity index is 1110. The van der Waals surface area contributed by atoms with Gasteiger partial charge in [0, 0.05) is 26.2 Å². The molecule has 2 aromatic carbocycles. The quantitative estimate of drug-likeness (QED) is 0.288. The molecular weight excluding hydrogens is 364 g/mol. The van der Waals surface area contributed by atoms with Crippen LogP contribution in [0.5, 0.6) is 5.75 Å². The van der Waals surface area contributed by atoms with Gasteiger partial charge in [0.2, 0.25) is 0 Å². The van der Waals surface area contributed by atoms with Crippen molar-refractivity contribution < 1.29 is 19.1 Å². The molecule has 0 saturated carbocycles. The summed E-state index contributed by atoms with van der Waals surface area (Å²) in [4.78, 5) is 36.3. The maximum absolute atomic E-state index is 12.6. The van der Waals surface area contributed by atoms with Crippen molar-refractivity contribution in [1.82, 2.24) is 0 Å². The highest BCUT2D eigenvalue weighted by molar-refractivity contribution is 7.24. The molecule has 0 aliphatic carbocycles. The summed E-state index contributed by atoms with van der Waals surface area (Å²) in [5, 5.41) is 1.25. The average molecular weight is 382 g/mol. The standard InChI is InChI=1S/C21H18O5S/c1-4-18(22)25-12-21(2,3)20(24)26-13-9-10-15-17(11-13)27-16-8-6-5-7-14(16)19(15)23/h4-11H,1,12H2,2-3H3. The molecule has 3 rings (SSSR count). The normalized spacial score (nSPS) is 11.3. The average Bonchev–Trinajstić information content (AvgIpc) is 2.66. The largest absolute Gasteiger partial charge is 0.461 e. The molecule has 0 N–H and O–H groups in total. The van der Waals surface area contributed by atoms with E-state index in [1.54, 1.807) is 38.1 Å². The molecule has 0 aliphatic rings. The fourth-order valence-electron chi connectivity index (χ4n) is 2.46. The summed E-state index contributed by atoms with van der Waals surface area (Å²) in [6.07, 6.45) is 1.04. The maximum Gasteiger partial charge on any atom is 0.330 e. The molecule has 0 saturated heterocycles. The molecule has 138 valence electrons. The molecule has 0 unspecified atom stereocenters. The van der Waals surface area contributed by atoms with Crippen LogP contribution in [0.4, 0.5) is 0 Å². The van der Waals surface area contributed by atoms with Crippen molar-refractivity contribution in [3.05, 3.63) is 65.3 Å². The lowest BCUT2D eigenvalue weighted by Gasteiger charge is -2.21. The zero-order valence-electron chi connectivity index (χ0n) is 15.0. The summed E-state index contributed by atoms with van der Waals surface area (Å²) in [7, 11) is 0. The van der Waals surface area contributed by atoms with Gasteiger partial charge in [-0.3, -0.25) is 9.59 Å². The van der Waals surface area contributed by atoms with Gasteiger partial charge in [0.25, 0.3) is 0 Å². The molecule has 0 amide bonds. The fourth-order valence-corrected chi connectivity index (χ4v) is 3.56. The van der Waals surface area contributed by atoms with Gasteiger partial charge >= 0.3 is 11.9 Å². The molecule has 1 heterocycles. The van der Waals surface area contributed by atoms with E-state index in [1.165, 1.54) is 11.3 Å². The SMILES string of the molecule is C=CC(=O)OCC(C)(C)C(=O)Oc1ccc2c(=O)c3ccccc3sc2c1. The van der Waals surface area contributed by atoms with Gasteiger partial charge in [0.1, 0.15) is 12.4 Å². The number of ether oxygens (including phenoxy) is 2. The lowest BCUT2D eigenvalue weighted by atomic mass is 9.95. The number of carbonyl (C=O) groups is 2. The van der Waals surface area contributed by atoms with Gasteiger partial charge in [-0.15, -0.1) is 11.3 Å². The van der Waals surface area contributed by atoms with Crippen molar-refractivity contribution in [3.8, 4) is 5.75 Å². The Kier molecular flexibility index (Phi) is 5.10. The number of esters is 2. The molecular formula is C21H18O5S. The third-order valence-corrected chi connectivity index (χ3v) is 5.19. The van der Waals surface area contributed by atoms with E-state index in [0.717, 1.165) is 15.5 Å². The first-order chi connectivity index (χ1) is 12.8. The topological polar surface area (TPSA) is 69.7 Å². The number of carbonyl (C=O) groups excluding carboxylic acids is 2. The zero-order valence-corrected chi connectivity index (χ0v) is 15.8. The summed E-state index contributed by atoms with van der Waals surface area (Å²) in [6, 6.07) is 12.3. The number of hydrogen-bond acceptors (Lipinski definition) is 6. The number of rotatable bonds is 5. The second kappa shape index (κ2) is 7.32. The summed E-state index contributed by atoms with van der Waals surface area (Å²) >= 11 is 1.46. The van der Waals surface area contributed by atoms with Crippen LogP contribution in [0.2, 0.25) is 0 Å². The summed E-state index contributed by atoms with van der Waals surface area (Å²) in [6.45, 7) is 6.44. The van der Waals surface area contributed by atoms with Crippen molar-refractivity contribution in [1.29, 1.82) is 0 Å². The highest BCUT2D eigenvalue weighted by Gasteiger charge is 2.31. The van der Waals surface area contributed by atoms with E-state index in [-0.39, 0.29) is 12.0 Å². The van der Waals surface area contributed by atoms with Crippen LogP contribution in [0.15, 0.2) is 59.9 Å². The van der Waals surface area contributed by atoms with Crippen LogP contribution >= 0.6 is 11.3 Å². The van der Waals surface area contributed by atoms with Gasteiger partial charge in [0.15, 0.2) is 5.43 Å². The Morgan fingerprint density at radius 2 is 1.81 bits per heavy atom. The number of fused-ring (bicyclic) bond motifs is 2. The highest BCUT2D eigenvalue weighted by atomic mass is 32.1. The Hall–Kier alpha value is -2.99. The highest BCUT2D eigenvalue weighted by Crippen LogP contribution is 2.29. The predicted molar refractivity (Wildman–Crippen MR) is 106 cm³/mol. The van der Waals surface area contributed by atoms with E-state index in [9.17, 15) is 14.4 Å². The zero-order chi connectivity index (χ0) is 19.6. The van der Waals surface area contributed by atoms with E-state index >= 15 is 0 Å². The maximum atomic E-state index is 12.6. The van der Waals surface area contributed by atoms with Crippen molar-refractivity contribution >= 4 is 43.4 Å². The molecule has 0 atom stereocenters. The Balaban J connectivity index is 1.88. The molecule has 0 fully saturated rings. The second-order valence-electron chi connectivity index (χ2n) is 6.67. The van der Waals surface area contributed by atoms with Crippen molar-refractivity contribution in [3.63, 3.8) is 0 Å². The van der Waals surface area contributed by atoms with Crippen LogP contribution < -0.4 is 10.2 Å². The first-order valence-electron chi connectivity index (χ1n) is 8.29. The second-order valence-corrected chi connectivity index (χ2v) is 7.75. The number of hydrogen-bond donors (Lipinski definition) is 0. The Morgan fingerprint density at radius 1 is 1.11 bits per heavy atom. The Labute approximate surface area is 159 Å². The molecule has 6 heteroatoms. The molecule has 3 aromatic rings. The third kappa shape index (κ3) is 3.90. The minimum atomic E-state index is -1.02. The Morgan fingerprint density at radius 3 is 2.56 bits per heavy atom. The van der Waals surface area contributed by atoms with Crippen LogP contribution in [-0.2, 0) is 14.3 Å². The minimum absolute atomic E-state index is 0.0473. The van der Waals surface area contributed by atoms with E-state index in [2.05, 4.69) is 6.58 Å². The van der Waals surface area contributed by atoms with Gasteiger partial charge in [0.05, 0.1) is 5.41 Å². The van der Waals surface area contributed by atoms with E-state index in [1.807, 2.05) is 18.2 Å². The molecule has 0 bridgehead atoms. The van der Waals surface area contributed by atoms with Crippen molar-refractivity contribution in [2.24, 2.45) is 5.41 Å². The van der Waals surface area contributed by atoms with Crippen LogP contribution in [0.25, 0.3) is 20.2 Å². The van der Waals surface area contributed by atoms with Crippen molar-refractivity contribution in [2.75, 3.05) is 6.61 Å². The smallest absolute Gasteiger partial charge is 0.330 e. The molecule has 5 nitrogen and oxygen atoms in total. The lowest BCUT2D eigenvalue weighted by Crippen LogP contribution is -2.34. The number of benzene rings is 2. The monoisotopic (exact) mass is 382 g/mol. The minimum Gasteiger partial charge on any atom is -0.461 e. The van der Waals surface area contributed by atoms with Crippen LogP contribution in [0, 0.1) is 5.41 Å². The summed E-state index contributed by atoms with van der Waals surface area (Å²) in [5.74, 6) is -0.799. The van der Waals surface area contributed by atoms with Crippen LogP contribution in [-0.4, -0.2) is 18.5 Å². The van der Waals surface area contributed by atoms with Gasteiger partial charge in [-0.2, -0.15) is 0 Å². The third-order valence-electron chi connectivity index (χ3n) is 4.05. The van der Waals surface area contributed by atoms with Gasteiger partial charge < -0.3 is 9.47 Å². The van der Waals surface area contributed by atoms with E-state index in [0.29, 0.717) is 16.5 Å². The first-order valence-corrected chi connectivity index (χ1v) is 9.10. The van der Waals surface area contributed by atoms with Gasteiger partial charge in [-0.05, 0) is 44.2 Å². The lowest BCUT2D eigenvalue weighted by molar-refractivity contribution is -0.152. The van der Waals surface area contributed by atoms with Crippen LogP contribution in [0.3, 0.4) is 0 Å². The molecule has 1 aromatic heterocycles. The van der Waals surface area contributed by atoms with Gasteiger partial charge in [-0.1, -0.05) is 18.7 Å². The first kappa shape index (κ1) is 18.8. The van der Waals surface area contributed by atoms with E-state index in [4.69, 9.17) is 9.47 Å². The molecule has 0 spiro atoms. The fraction of sp³-hybridized carbons (Fsp3) is 0.190. The molecule has 27 heavy (non-hydrogen) atoms. The van der Waals surface area contributed by atoms with Crippen LogP contribution in [0.1, 0.15) is 13.8 Å². The molecule has 0 aliphatic heterocycles. The molecule has 0 radical (unpaired) electrons. The summed E-state index contributed by atoms with van der Waals surface area (Å²) in [5.41, 5.74) is -1.07. The predicted octanol–water partition coefficient (Wildman–Crippen LogP) is 4.08. The summed E-state index contributed by atoms with van der Waals surface area (Å²) < 4.78 is 12.0. The van der Waals surface area contributed by atoms with Gasteiger partial charge in [-0.25, -0.2) is 4.79 Å². The van der Waals surface area contributed by atoms with E-state index < -0.39 is 17.4 Å². The van der Waals surface area contributed by atoms with Crippen molar-refractivity contribution in [2.45, 2.75) is 13.8 Å².